The lowest BCUT2D eigenvalue weighted by atomic mass is 9.78. The molecule has 1 fully saturated rings. The summed E-state index contributed by atoms with van der Waals surface area (Å²) < 4.78 is 0. The smallest absolute Gasteiger partial charge is 0.182 e. The van der Waals surface area contributed by atoms with Crippen molar-refractivity contribution in [3.8, 4) is 5.75 Å². The standard InChI is InChI=1S/C28H39N3O2/c1-8-11-18-16-31(26(29)24(18)22-12-9-10-13-30-22)17-23(32)19-14-20(27(2,3)4)25(33)21(15-19)28(5,6)7/h9-10,12-15,18,24,29,33H,8,11,16-17H2,1-7H3. The number of amidine groups is 1. The van der Waals surface area contributed by atoms with E-state index >= 15 is 0 Å². The van der Waals surface area contributed by atoms with Crippen molar-refractivity contribution in [2.24, 2.45) is 5.92 Å². The number of aromatic hydroxyl groups is 1. The average Bonchev–Trinajstić information content (AvgIpc) is 3.02. The molecule has 0 amide bonds. The normalized spacial score (nSPS) is 19.2. The number of ketones is 1. The molecule has 0 aliphatic carbocycles. The van der Waals surface area contributed by atoms with Crippen molar-refractivity contribution < 1.29 is 9.90 Å². The van der Waals surface area contributed by atoms with Crippen molar-refractivity contribution in [2.45, 2.75) is 78.1 Å². The van der Waals surface area contributed by atoms with Crippen molar-refractivity contribution in [1.29, 1.82) is 5.41 Å². The van der Waals surface area contributed by atoms with Gasteiger partial charge in [0, 0.05) is 29.4 Å². The number of phenolic OH excluding ortho intramolecular Hbond substituents is 1. The van der Waals surface area contributed by atoms with Crippen molar-refractivity contribution in [2.75, 3.05) is 13.1 Å². The van der Waals surface area contributed by atoms with Gasteiger partial charge in [-0.1, -0.05) is 61.0 Å². The van der Waals surface area contributed by atoms with Crippen LogP contribution < -0.4 is 0 Å². The van der Waals surface area contributed by atoms with Crippen molar-refractivity contribution >= 4 is 11.6 Å². The zero-order valence-corrected chi connectivity index (χ0v) is 21.2. The fourth-order valence-corrected chi connectivity index (χ4v) is 4.83. The second-order valence-corrected chi connectivity index (χ2v) is 11.4. The van der Waals surface area contributed by atoms with E-state index in [0.29, 0.717) is 17.9 Å². The van der Waals surface area contributed by atoms with Crippen LogP contribution in [0.15, 0.2) is 36.5 Å². The molecule has 3 rings (SSSR count). The van der Waals surface area contributed by atoms with Crippen LogP contribution in [0.1, 0.15) is 94.4 Å². The number of hydrogen-bond donors (Lipinski definition) is 2. The number of phenols is 1. The predicted octanol–water partition coefficient (Wildman–Crippen LogP) is 6.06. The summed E-state index contributed by atoms with van der Waals surface area (Å²) >= 11 is 0. The molecular weight excluding hydrogens is 410 g/mol. The summed E-state index contributed by atoms with van der Waals surface area (Å²) in [4.78, 5) is 19.9. The number of hydrogen-bond acceptors (Lipinski definition) is 4. The molecular formula is C28H39N3O2. The van der Waals surface area contributed by atoms with Gasteiger partial charge in [0.15, 0.2) is 5.78 Å². The second kappa shape index (κ2) is 9.28. The van der Waals surface area contributed by atoms with Crippen LogP contribution >= 0.6 is 0 Å². The van der Waals surface area contributed by atoms with Gasteiger partial charge in [0.1, 0.15) is 11.6 Å². The van der Waals surface area contributed by atoms with E-state index in [1.165, 1.54) is 0 Å². The van der Waals surface area contributed by atoms with E-state index in [2.05, 4.69) is 11.9 Å². The number of Topliss-reactive ketones (excluding diaryl/α,β-unsaturated/α-hetero) is 1. The molecule has 0 bridgehead atoms. The lowest BCUT2D eigenvalue weighted by molar-refractivity contribution is 0.0963. The van der Waals surface area contributed by atoms with Gasteiger partial charge in [-0.05, 0) is 47.4 Å². The van der Waals surface area contributed by atoms with Gasteiger partial charge in [-0.15, -0.1) is 0 Å². The van der Waals surface area contributed by atoms with E-state index in [4.69, 9.17) is 5.41 Å². The zero-order valence-electron chi connectivity index (χ0n) is 21.2. The van der Waals surface area contributed by atoms with Crippen LogP contribution in [0.3, 0.4) is 0 Å². The molecule has 2 aromatic rings. The van der Waals surface area contributed by atoms with Gasteiger partial charge in [-0.25, -0.2) is 0 Å². The highest BCUT2D eigenvalue weighted by atomic mass is 16.3. The molecule has 1 aliphatic rings. The van der Waals surface area contributed by atoms with Gasteiger partial charge in [0.05, 0.1) is 18.2 Å². The summed E-state index contributed by atoms with van der Waals surface area (Å²) in [6.07, 6.45) is 3.80. The maximum Gasteiger partial charge on any atom is 0.182 e. The first-order chi connectivity index (χ1) is 15.3. The number of nitrogens with one attached hydrogen (secondary N) is 1. The maximum atomic E-state index is 13.5. The van der Waals surface area contributed by atoms with E-state index in [0.717, 1.165) is 29.7 Å². The first-order valence-electron chi connectivity index (χ1n) is 12.0. The lowest BCUT2D eigenvalue weighted by Gasteiger charge is -2.28. The zero-order chi connectivity index (χ0) is 24.6. The van der Waals surface area contributed by atoms with Crippen LogP contribution in [0, 0.1) is 11.3 Å². The SMILES string of the molecule is CCCC1CN(CC(=O)c2cc(C(C)(C)C)c(O)c(C(C)(C)C)c2)C(=N)C1c1ccccn1. The second-order valence-electron chi connectivity index (χ2n) is 11.4. The number of carbonyl (C=O) groups excluding carboxylic acids is 1. The fourth-order valence-electron chi connectivity index (χ4n) is 4.83. The number of likely N-dealkylation sites (tertiary alicyclic amines) is 1. The minimum Gasteiger partial charge on any atom is -0.507 e. The lowest BCUT2D eigenvalue weighted by Crippen LogP contribution is -2.32. The van der Waals surface area contributed by atoms with Crippen LogP contribution in [0.5, 0.6) is 5.75 Å². The molecule has 1 saturated heterocycles. The van der Waals surface area contributed by atoms with Crippen LogP contribution in [-0.2, 0) is 10.8 Å². The molecule has 2 heterocycles. The average molecular weight is 450 g/mol. The Kier molecular flexibility index (Phi) is 7.01. The quantitative estimate of drug-likeness (QED) is 0.526. The molecule has 1 aliphatic heterocycles. The van der Waals surface area contributed by atoms with Crippen molar-refractivity contribution in [3.05, 3.63) is 58.9 Å². The highest BCUT2D eigenvalue weighted by Crippen LogP contribution is 2.40. The summed E-state index contributed by atoms with van der Waals surface area (Å²) in [7, 11) is 0. The van der Waals surface area contributed by atoms with E-state index < -0.39 is 0 Å². The van der Waals surface area contributed by atoms with Crippen LogP contribution in [0.2, 0.25) is 0 Å². The third kappa shape index (κ3) is 5.29. The summed E-state index contributed by atoms with van der Waals surface area (Å²) in [5.41, 5.74) is 2.48. The van der Waals surface area contributed by atoms with Gasteiger partial charge in [-0.3, -0.25) is 15.2 Å². The molecule has 5 heteroatoms. The van der Waals surface area contributed by atoms with Crippen molar-refractivity contribution in [1.82, 2.24) is 9.88 Å². The third-order valence-electron chi connectivity index (χ3n) is 6.61. The fraction of sp³-hybridized carbons (Fsp3) is 0.536. The van der Waals surface area contributed by atoms with E-state index in [1.807, 2.05) is 76.8 Å². The topological polar surface area (TPSA) is 77.3 Å². The van der Waals surface area contributed by atoms with Gasteiger partial charge in [-0.2, -0.15) is 0 Å². The van der Waals surface area contributed by atoms with E-state index in [-0.39, 0.29) is 40.7 Å². The predicted molar refractivity (Wildman–Crippen MR) is 135 cm³/mol. The minimum absolute atomic E-state index is 0.0207. The van der Waals surface area contributed by atoms with Gasteiger partial charge in [0.2, 0.25) is 0 Å². The Bertz CT molecular complexity index is 981. The largest absolute Gasteiger partial charge is 0.507 e. The number of benzene rings is 1. The number of carbonyl (C=O) groups is 1. The highest BCUT2D eigenvalue weighted by molar-refractivity contribution is 6.01. The molecule has 33 heavy (non-hydrogen) atoms. The highest BCUT2D eigenvalue weighted by Gasteiger charge is 2.39. The summed E-state index contributed by atoms with van der Waals surface area (Å²) in [6, 6.07) is 9.52. The van der Waals surface area contributed by atoms with Crippen molar-refractivity contribution in [3.63, 3.8) is 0 Å². The Morgan fingerprint density at radius 3 is 2.21 bits per heavy atom. The number of aromatic nitrogens is 1. The molecule has 1 aromatic heterocycles. The molecule has 2 unspecified atom stereocenters. The number of rotatable bonds is 6. The summed E-state index contributed by atoms with van der Waals surface area (Å²) in [5, 5.41) is 19.9. The first-order valence-corrected chi connectivity index (χ1v) is 12.0. The summed E-state index contributed by atoms with van der Waals surface area (Å²) in [6.45, 7) is 15.3. The molecule has 1 aromatic carbocycles. The monoisotopic (exact) mass is 449 g/mol. The van der Waals surface area contributed by atoms with Crippen LogP contribution in [0.25, 0.3) is 0 Å². The third-order valence-corrected chi connectivity index (χ3v) is 6.61. The Morgan fingerprint density at radius 2 is 1.73 bits per heavy atom. The van der Waals surface area contributed by atoms with Crippen LogP contribution in [0.4, 0.5) is 0 Å². The molecule has 2 atom stereocenters. The molecule has 2 N–H and O–H groups in total. The Morgan fingerprint density at radius 1 is 1.12 bits per heavy atom. The Hall–Kier alpha value is -2.69. The molecule has 0 radical (unpaired) electrons. The van der Waals surface area contributed by atoms with Gasteiger partial charge < -0.3 is 10.0 Å². The minimum atomic E-state index is -0.295. The Labute approximate surface area is 198 Å². The molecule has 0 saturated carbocycles. The number of pyridine rings is 1. The number of nitrogens with zero attached hydrogens (tertiary/aromatic N) is 2. The summed E-state index contributed by atoms with van der Waals surface area (Å²) in [5.74, 6) is 0.937. The molecule has 5 nitrogen and oxygen atoms in total. The van der Waals surface area contributed by atoms with Gasteiger partial charge in [0.25, 0.3) is 0 Å². The van der Waals surface area contributed by atoms with Crippen LogP contribution in [-0.4, -0.2) is 39.7 Å². The Balaban J connectivity index is 1.93. The first kappa shape index (κ1) is 24.9. The van der Waals surface area contributed by atoms with E-state index in [9.17, 15) is 9.90 Å². The molecule has 178 valence electrons. The molecule has 0 spiro atoms. The van der Waals surface area contributed by atoms with Gasteiger partial charge >= 0.3 is 0 Å². The maximum absolute atomic E-state index is 13.5. The van der Waals surface area contributed by atoms with E-state index in [1.54, 1.807) is 6.20 Å².